The third-order valence-electron chi connectivity index (χ3n) is 5.27. The van der Waals surface area contributed by atoms with E-state index in [2.05, 4.69) is 0 Å². The summed E-state index contributed by atoms with van der Waals surface area (Å²) in [6, 6.07) is 13.2. The average molecular weight is 380 g/mol. The molecule has 5 nitrogen and oxygen atoms in total. The summed E-state index contributed by atoms with van der Waals surface area (Å²) in [7, 11) is 0. The largest absolute Gasteiger partial charge is 0.511 e. The number of hydrogen-bond donors (Lipinski definition) is 1. The van der Waals surface area contributed by atoms with E-state index in [1.54, 1.807) is 20.8 Å². The van der Waals surface area contributed by atoms with Gasteiger partial charge in [-0.05, 0) is 42.7 Å². The molecular weight excluding hydrogens is 356 g/mol. The lowest BCUT2D eigenvalue weighted by Crippen LogP contribution is -2.48. The standard InChI is InChI=1S/C23H24O5/c1-4-27-21(25)17-12-14-20(24)23(15(17)3,22(26)28-5-2)19-13-11-16-9-7-6-8-10-18(16)19/h6-15,24H,4-5H2,1-3H3. The first-order chi connectivity index (χ1) is 13.5. The number of ether oxygens (including phenoxy) is 2. The Bertz CT molecular complexity index is 926. The van der Waals surface area contributed by atoms with Crippen LogP contribution in [0.25, 0.3) is 11.1 Å². The zero-order valence-corrected chi connectivity index (χ0v) is 16.3. The van der Waals surface area contributed by atoms with Crippen LogP contribution in [0.4, 0.5) is 0 Å². The number of esters is 2. The minimum atomic E-state index is -1.52. The van der Waals surface area contributed by atoms with Crippen LogP contribution in [-0.4, -0.2) is 30.3 Å². The molecule has 146 valence electrons. The number of aliphatic hydroxyl groups excluding tert-OH is 1. The number of fused-ring (bicyclic) bond motifs is 1. The molecule has 28 heavy (non-hydrogen) atoms. The van der Waals surface area contributed by atoms with E-state index in [4.69, 9.17) is 9.47 Å². The zero-order valence-electron chi connectivity index (χ0n) is 16.3. The molecule has 0 spiro atoms. The first-order valence-corrected chi connectivity index (χ1v) is 9.42. The molecule has 2 atom stereocenters. The number of hydrogen-bond acceptors (Lipinski definition) is 5. The average Bonchev–Trinajstić information content (AvgIpc) is 2.91. The molecule has 0 aliphatic heterocycles. The molecule has 3 rings (SSSR count). The van der Waals surface area contributed by atoms with Crippen molar-refractivity contribution in [3.8, 4) is 11.1 Å². The molecule has 0 aromatic heterocycles. The Kier molecular flexibility index (Phi) is 5.54. The predicted molar refractivity (Wildman–Crippen MR) is 106 cm³/mol. The van der Waals surface area contributed by atoms with Gasteiger partial charge in [-0.25, -0.2) is 4.79 Å². The van der Waals surface area contributed by atoms with Crippen LogP contribution in [0.2, 0.25) is 0 Å². The van der Waals surface area contributed by atoms with Gasteiger partial charge in [0.2, 0.25) is 0 Å². The van der Waals surface area contributed by atoms with Crippen molar-refractivity contribution < 1.29 is 24.2 Å². The molecule has 0 heterocycles. The maximum absolute atomic E-state index is 13.3. The second kappa shape index (κ2) is 7.89. The second-order valence-electron chi connectivity index (χ2n) is 6.67. The quantitative estimate of drug-likeness (QED) is 0.788. The summed E-state index contributed by atoms with van der Waals surface area (Å²) in [5.41, 5.74) is 1.14. The smallest absolute Gasteiger partial charge is 0.334 e. The topological polar surface area (TPSA) is 72.8 Å². The third kappa shape index (κ3) is 2.97. The highest BCUT2D eigenvalue weighted by Gasteiger charge is 2.55. The van der Waals surface area contributed by atoms with Gasteiger partial charge in [0.1, 0.15) is 5.76 Å². The van der Waals surface area contributed by atoms with Gasteiger partial charge in [0.25, 0.3) is 0 Å². The van der Waals surface area contributed by atoms with Crippen LogP contribution < -0.4 is 0 Å². The summed E-state index contributed by atoms with van der Waals surface area (Å²) in [5, 5.41) is 11.0. The molecule has 0 fully saturated rings. The Morgan fingerprint density at radius 1 is 1.00 bits per heavy atom. The molecule has 0 radical (unpaired) electrons. The van der Waals surface area contributed by atoms with Crippen molar-refractivity contribution >= 4 is 11.9 Å². The molecule has 0 saturated carbocycles. The minimum Gasteiger partial charge on any atom is -0.511 e. The van der Waals surface area contributed by atoms with Gasteiger partial charge < -0.3 is 14.6 Å². The third-order valence-corrected chi connectivity index (χ3v) is 5.27. The van der Waals surface area contributed by atoms with E-state index >= 15 is 0 Å². The summed E-state index contributed by atoms with van der Waals surface area (Å²) in [6.45, 7) is 5.56. The van der Waals surface area contributed by atoms with Crippen molar-refractivity contribution in [1.29, 1.82) is 0 Å². The van der Waals surface area contributed by atoms with E-state index in [0.29, 0.717) is 11.1 Å². The number of allylic oxidation sites excluding steroid dienone is 2. The van der Waals surface area contributed by atoms with Gasteiger partial charge in [-0.3, -0.25) is 4.79 Å². The van der Waals surface area contributed by atoms with E-state index in [0.717, 1.165) is 11.1 Å². The van der Waals surface area contributed by atoms with Gasteiger partial charge in [0.05, 0.1) is 13.2 Å². The van der Waals surface area contributed by atoms with Crippen molar-refractivity contribution in [2.24, 2.45) is 5.92 Å². The highest BCUT2D eigenvalue weighted by atomic mass is 16.5. The van der Waals surface area contributed by atoms with E-state index in [9.17, 15) is 14.7 Å². The maximum atomic E-state index is 13.3. The summed E-state index contributed by atoms with van der Waals surface area (Å²) in [5.74, 6) is -1.92. The summed E-state index contributed by atoms with van der Waals surface area (Å²) in [6.07, 6.45) is 2.91. The molecule has 0 bridgehead atoms. The van der Waals surface area contributed by atoms with Crippen LogP contribution in [-0.2, 0) is 24.5 Å². The molecule has 0 amide bonds. The fraction of sp³-hybridized carbons (Fsp3) is 0.304. The lowest BCUT2D eigenvalue weighted by Gasteiger charge is -2.39. The summed E-state index contributed by atoms with van der Waals surface area (Å²) in [4.78, 5) is 25.8. The van der Waals surface area contributed by atoms with Gasteiger partial charge in [-0.15, -0.1) is 0 Å². The van der Waals surface area contributed by atoms with Crippen LogP contribution in [0, 0.1) is 5.92 Å². The van der Waals surface area contributed by atoms with Crippen molar-refractivity contribution in [2.45, 2.75) is 26.2 Å². The van der Waals surface area contributed by atoms with Crippen molar-refractivity contribution in [3.63, 3.8) is 0 Å². The lowest BCUT2D eigenvalue weighted by molar-refractivity contribution is -0.152. The van der Waals surface area contributed by atoms with Gasteiger partial charge in [-0.2, -0.15) is 0 Å². The number of carbonyl (C=O) groups is 2. The van der Waals surface area contributed by atoms with E-state index < -0.39 is 23.3 Å². The lowest BCUT2D eigenvalue weighted by atomic mass is 9.64. The normalized spacial score (nSPS) is 21.6. The number of carbonyl (C=O) groups excluding carboxylic acids is 2. The summed E-state index contributed by atoms with van der Waals surface area (Å²) < 4.78 is 10.6. The molecule has 3 aliphatic carbocycles. The van der Waals surface area contributed by atoms with Crippen LogP contribution in [0.1, 0.15) is 26.3 Å². The fourth-order valence-electron chi connectivity index (χ4n) is 3.92. The summed E-state index contributed by atoms with van der Waals surface area (Å²) >= 11 is 0. The fourth-order valence-corrected chi connectivity index (χ4v) is 3.92. The molecule has 5 heteroatoms. The van der Waals surface area contributed by atoms with E-state index in [1.807, 2.05) is 42.5 Å². The monoisotopic (exact) mass is 380 g/mol. The first kappa shape index (κ1) is 19.7. The predicted octanol–water partition coefficient (Wildman–Crippen LogP) is 4.17. The molecule has 0 aromatic rings. The van der Waals surface area contributed by atoms with Gasteiger partial charge in [0, 0.05) is 11.5 Å². The first-order valence-electron chi connectivity index (χ1n) is 9.42. The Hall–Kier alpha value is -3.08. The Morgan fingerprint density at radius 2 is 1.71 bits per heavy atom. The van der Waals surface area contributed by atoms with Crippen LogP contribution >= 0.6 is 0 Å². The van der Waals surface area contributed by atoms with Crippen molar-refractivity contribution in [1.82, 2.24) is 0 Å². The molecule has 1 N–H and O–H groups in total. The second-order valence-corrected chi connectivity index (χ2v) is 6.67. The number of rotatable bonds is 5. The van der Waals surface area contributed by atoms with E-state index in [1.165, 1.54) is 12.2 Å². The van der Waals surface area contributed by atoms with Gasteiger partial charge in [-0.1, -0.05) is 49.4 Å². The molecule has 0 saturated heterocycles. The van der Waals surface area contributed by atoms with Crippen LogP contribution in [0.3, 0.4) is 0 Å². The maximum Gasteiger partial charge on any atom is 0.334 e. The van der Waals surface area contributed by atoms with Crippen LogP contribution in [0.5, 0.6) is 0 Å². The van der Waals surface area contributed by atoms with Crippen molar-refractivity contribution in [3.05, 3.63) is 71.5 Å². The zero-order chi connectivity index (χ0) is 20.3. The highest BCUT2D eigenvalue weighted by molar-refractivity contribution is 5.97. The molecule has 3 aliphatic rings. The Labute approximate surface area is 164 Å². The Morgan fingerprint density at radius 3 is 2.43 bits per heavy atom. The molecule has 0 aromatic carbocycles. The highest BCUT2D eigenvalue weighted by Crippen LogP contribution is 2.49. The van der Waals surface area contributed by atoms with Crippen LogP contribution in [0.15, 0.2) is 65.9 Å². The van der Waals surface area contributed by atoms with Gasteiger partial charge in [0.15, 0.2) is 5.41 Å². The van der Waals surface area contributed by atoms with Crippen molar-refractivity contribution in [2.75, 3.05) is 13.2 Å². The number of aliphatic hydroxyl groups is 1. The molecular formula is C23H24O5. The SMILES string of the molecule is CCOC(=O)C1=CC=C(O)C(C(=O)OCC)(c2ccc3cccccc2-3)C1C. The van der Waals surface area contributed by atoms with Gasteiger partial charge >= 0.3 is 11.9 Å². The minimum absolute atomic E-state index is 0.148. The Balaban J connectivity index is 2.25. The molecule has 2 unspecified atom stereocenters. The van der Waals surface area contributed by atoms with E-state index in [-0.39, 0.29) is 19.0 Å².